The predicted octanol–water partition coefficient (Wildman–Crippen LogP) is 2.91. The Morgan fingerprint density at radius 2 is 2.00 bits per heavy atom. The average molecular weight is 397 g/mol. The van der Waals surface area contributed by atoms with Crippen LogP contribution >= 0.6 is 12.4 Å². The minimum absolute atomic E-state index is 0. The van der Waals surface area contributed by atoms with Gasteiger partial charge in [0.2, 0.25) is 5.91 Å². The third-order valence-corrected chi connectivity index (χ3v) is 4.73. The summed E-state index contributed by atoms with van der Waals surface area (Å²) in [4.78, 5) is 26.5. The van der Waals surface area contributed by atoms with Crippen molar-refractivity contribution in [1.29, 1.82) is 0 Å². The van der Waals surface area contributed by atoms with Crippen molar-refractivity contribution in [3.63, 3.8) is 0 Å². The summed E-state index contributed by atoms with van der Waals surface area (Å²) in [5.41, 5.74) is 7.07. The van der Waals surface area contributed by atoms with E-state index < -0.39 is 5.63 Å². The Balaban J connectivity index is 0.00000364. The molecule has 2 aromatic rings. The summed E-state index contributed by atoms with van der Waals surface area (Å²) in [6.45, 7) is 7.00. The van der Waals surface area contributed by atoms with Gasteiger partial charge in [0.1, 0.15) is 11.3 Å². The number of hydrogen-bond acceptors (Lipinski definition) is 5. The quantitative estimate of drug-likeness (QED) is 0.727. The molecule has 0 saturated heterocycles. The monoisotopic (exact) mass is 396 g/mol. The molecule has 0 aliphatic heterocycles. The molecule has 1 aromatic heterocycles. The second kappa shape index (κ2) is 9.24. The molecule has 0 radical (unpaired) electrons. The van der Waals surface area contributed by atoms with E-state index in [9.17, 15) is 9.59 Å². The highest BCUT2D eigenvalue weighted by Crippen LogP contribution is 2.24. The van der Waals surface area contributed by atoms with E-state index in [0.29, 0.717) is 36.4 Å². The molecule has 2 N–H and O–H groups in total. The van der Waals surface area contributed by atoms with E-state index in [2.05, 4.69) is 0 Å². The Morgan fingerprint density at radius 1 is 1.33 bits per heavy atom. The highest BCUT2D eigenvalue weighted by Gasteiger charge is 2.21. The van der Waals surface area contributed by atoms with Crippen LogP contribution in [0.1, 0.15) is 31.4 Å². The van der Waals surface area contributed by atoms with Crippen LogP contribution in [0.3, 0.4) is 0 Å². The van der Waals surface area contributed by atoms with E-state index in [4.69, 9.17) is 14.9 Å². The lowest BCUT2D eigenvalue weighted by Gasteiger charge is -2.29. The van der Waals surface area contributed by atoms with Crippen molar-refractivity contribution >= 4 is 29.3 Å². The first-order chi connectivity index (χ1) is 12.2. The summed E-state index contributed by atoms with van der Waals surface area (Å²) < 4.78 is 10.6. The number of nitrogens with zero attached hydrogens (tertiary/aromatic N) is 1. The van der Waals surface area contributed by atoms with E-state index in [1.165, 1.54) is 0 Å². The fourth-order valence-electron chi connectivity index (χ4n) is 3.01. The van der Waals surface area contributed by atoms with Crippen molar-refractivity contribution in [2.75, 3.05) is 27.2 Å². The Morgan fingerprint density at radius 3 is 2.59 bits per heavy atom. The number of hydrogen-bond donors (Lipinski definition) is 1. The first-order valence-electron chi connectivity index (χ1n) is 8.73. The Bertz CT molecular complexity index is 861. The van der Waals surface area contributed by atoms with Crippen molar-refractivity contribution in [1.82, 2.24) is 4.90 Å². The van der Waals surface area contributed by atoms with Crippen LogP contribution in [0, 0.1) is 12.3 Å². The number of halogens is 1. The first-order valence-corrected chi connectivity index (χ1v) is 8.73. The highest BCUT2D eigenvalue weighted by molar-refractivity contribution is 5.85. The van der Waals surface area contributed by atoms with Crippen LogP contribution in [-0.4, -0.2) is 38.1 Å². The number of fused-ring (bicyclic) bond motifs is 1. The van der Waals surface area contributed by atoms with Crippen LogP contribution in [0.25, 0.3) is 11.0 Å². The molecule has 6 nitrogen and oxygen atoms in total. The third kappa shape index (κ3) is 5.47. The van der Waals surface area contributed by atoms with Gasteiger partial charge in [-0.15, -0.1) is 12.4 Å². The van der Waals surface area contributed by atoms with Gasteiger partial charge < -0.3 is 19.8 Å². The summed E-state index contributed by atoms with van der Waals surface area (Å²) in [5.74, 6) is 0.618. The largest absolute Gasteiger partial charge is 0.497 e. The summed E-state index contributed by atoms with van der Waals surface area (Å²) in [6.07, 6.45) is 0.604. The van der Waals surface area contributed by atoms with Crippen molar-refractivity contribution in [2.24, 2.45) is 11.1 Å². The molecule has 7 heteroatoms. The topological polar surface area (TPSA) is 85.8 Å². The Kier molecular flexibility index (Phi) is 7.87. The van der Waals surface area contributed by atoms with Gasteiger partial charge in [-0.2, -0.15) is 0 Å². The van der Waals surface area contributed by atoms with E-state index in [1.54, 1.807) is 25.1 Å². The lowest BCUT2D eigenvalue weighted by Crippen LogP contribution is -2.39. The molecule has 0 bridgehead atoms. The first kappa shape index (κ1) is 23.0. The van der Waals surface area contributed by atoms with Crippen molar-refractivity contribution < 1.29 is 13.9 Å². The minimum atomic E-state index is -0.402. The zero-order valence-electron chi connectivity index (χ0n) is 16.6. The van der Waals surface area contributed by atoms with Gasteiger partial charge >= 0.3 is 5.63 Å². The maximum absolute atomic E-state index is 12.4. The third-order valence-electron chi connectivity index (χ3n) is 4.73. The second-order valence-corrected chi connectivity index (χ2v) is 7.47. The summed E-state index contributed by atoms with van der Waals surface area (Å²) in [6, 6.07) is 5.39. The van der Waals surface area contributed by atoms with Gasteiger partial charge in [0.25, 0.3) is 0 Å². The SMILES string of the molecule is COc1ccc2c(C)c(CCC(=O)N(C)CC(C)(C)CN)c(=O)oc2c1.Cl. The molecule has 0 aliphatic carbocycles. The summed E-state index contributed by atoms with van der Waals surface area (Å²) in [5, 5.41) is 0.852. The van der Waals surface area contributed by atoms with Gasteiger partial charge in [-0.3, -0.25) is 4.79 Å². The summed E-state index contributed by atoms with van der Waals surface area (Å²) in [7, 11) is 3.33. The minimum Gasteiger partial charge on any atom is -0.497 e. The molecule has 1 heterocycles. The molecule has 1 aromatic carbocycles. The van der Waals surface area contributed by atoms with E-state index in [0.717, 1.165) is 10.9 Å². The molecular weight excluding hydrogens is 368 g/mol. The Labute approximate surface area is 166 Å². The number of aryl methyl sites for hydroxylation is 1. The number of amides is 1. The molecule has 0 saturated carbocycles. The number of rotatable bonds is 7. The van der Waals surface area contributed by atoms with Crippen LogP contribution < -0.4 is 16.1 Å². The lowest BCUT2D eigenvalue weighted by molar-refractivity contribution is -0.131. The second-order valence-electron chi connectivity index (χ2n) is 7.47. The fourth-order valence-corrected chi connectivity index (χ4v) is 3.01. The summed E-state index contributed by atoms with van der Waals surface area (Å²) >= 11 is 0. The molecule has 1 amide bonds. The molecule has 150 valence electrons. The smallest absolute Gasteiger partial charge is 0.339 e. The van der Waals surface area contributed by atoms with E-state index in [-0.39, 0.29) is 30.2 Å². The number of ether oxygens (including phenoxy) is 1. The molecular formula is C20H29ClN2O4. The van der Waals surface area contributed by atoms with Gasteiger partial charge in [-0.25, -0.2) is 4.79 Å². The van der Waals surface area contributed by atoms with Gasteiger partial charge in [-0.05, 0) is 43.0 Å². The maximum atomic E-state index is 12.4. The normalized spacial score (nSPS) is 11.2. The maximum Gasteiger partial charge on any atom is 0.339 e. The standard InChI is InChI=1S/C20H28N2O4.ClH/c1-13-15-7-6-14(25-5)10-17(15)26-19(24)16(13)8-9-18(23)22(4)12-20(2,3)11-21;/h6-7,10H,8-9,11-12,21H2,1-5H3;1H. The van der Waals surface area contributed by atoms with Crippen molar-refractivity contribution in [3.8, 4) is 5.75 Å². The fraction of sp³-hybridized carbons (Fsp3) is 0.500. The van der Waals surface area contributed by atoms with Crippen LogP contribution in [0.2, 0.25) is 0 Å². The Hall–Kier alpha value is -2.05. The predicted molar refractivity (Wildman–Crippen MR) is 110 cm³/mol. The van der Waals surface area contributed by atoms with Crippen LogP contribution in [-0.2, 0) is 11.2 Å². The highest BCUT2D eigenvalue weighted by atomic mass is 35.5. The molecule has 0 unspecified atom stereocenters. The van der Waals surface area contributed by atoms with Crippen LogP contribution in [0.5, 0.6) is 5.75 Å². The number of benzene rings is 1. The lowest BCUT2D eigenvalue weighted by atomic mass is 9.93. The average Bonchev–Trinajstić information content (AvgIpc) is 2.60. The molecule has 0 aliphatic rings. The van der Waals surface area contributed by atoms with Crippen molar-refractivity contribution in [3.05, 3.63) is 39.7 Å². The van der Waals surface area contributed by atoms with Crippen LogP contribution in [0.15, 0.2) is 27.4 Å². The zero-order valence-corrected chi connectivity index (χ0v) is 17.4. The van der Waals surface area contributed by atoms with E-state index in [1.807, 2.05) is 32.9 Å². The van der Waals surface area contributed by atoms with Gasteiger partial charge in [0, 0.05) is 37.0 Å². The van der Waals surface area contributed by atoms with Gasteiger partial charge in [0.15, 0.2) is 0 Å². The van der Waals surface area contributed by atoms with Gasteiger partial charge in [-0.1, -0.05) is 13.8 Å². The van der Waals surface area contributed by atoms with Crippen molar-refractivity contribution in [2.45, 2.75) is 33.6 Å². The number of carbonyl (C=O) groups is 1. The zero-order chi connectivity index (χ0) is 19.5. The van der Waals surface area contributed by atoms with Crippen LogP contribution in [0.4, 0.5) is 0 Å². The number of methoxy groups -OCH3 is 1. The molecule has 2 rings (SSSR count). The molecule has 27 heavy (non-hydrogen) atoms. The molecule has 0 atom stereocenters. The number of carbonyl (C=O) groups excluding carboxylic acids is 1. The number of nitrogens with two attached hydrogens (primary N) is 1. The van der Waals surface area contributed by atoms with E-state index >= 15 is 0 Å². The molecule has 0 spiro atoms. The molecule has 0 fully saturated rings. The van der Waals surface area contributed by atoms with Gasteiger partial charge in [0.05, 0.1) is 7.11 Å².